The molecule has 3 rings (SSSR count). The molecule has 1 heterocycles. The van der Waals surface area contributed by atoms with Crippen molar-refractivity contribution in [3.63, 3.8) is 0 Å². The Morgan fingerprint density at radius 2 is 1.71 bits per heavy atom. The molecule has 21 heavy (non-hydrogen) atoms. The lowest BCUT2D eigenvalue weighted by Gasteiger charge is -2.12. The molecule has 0 spiro atoms. The van der Waals surface area contributed by atoms with E-state index in [9.17, 15) is 0 Å². The fourth-order valence-electron chi connectivity index (χ4n) is 2.49. The quantitative estimate of drug-likeness (QED) is 0.644. The van der Waals surface area contributed by atoms with E-state index >= 15 is 0 Å². The molecule has 2 aromatic carbocycles. The van der Waals surface area contributed by atoms with Crippen LogP contribution in [0.4, 0.5) is 5.69 Å². The Morgan fingerprint density at radius 1 is 1.00 bits per heavy atom. The van der Waals surface area contributed by atoms with Gasteiger partial charge in [-0.05, 0) is 31.4 Å². The van der Waals surface area contributed by atoms with Crippen LogP contribution >= 0.6 is 11.8 Å². The van der Waals surface area contributed by atoms with Crippen molar-refractivity contribution in [2.24, 2.45) is 4.99 Å². The second kappa shape index (κ2) is 6.19. The van der Waals surface area contributed by atoms with Crippen molar-refractivity contribution in [2.45, 2.75) is 18.4 Å². The lowest BCUT2D eigenvalue weighted by atomic mass is 10.2. The number of hydrogen-bond donors (Lipinski definition) is 0. The second-order valence-corrected chi connectivity index (χ2v) is 5.64. The highest BCUT2D eigenvalue weighted by Gasteiger charge is 2.06. The average molecular weight is 294 g/mol. The number of nitrogens with zero attached hydrogens (tertiary/aromatic N) is 2. The van der Waals surface area contributed by atoms with E-state index < -0.39 is 0 Å². The van der Waals surface area contributed by atoms with Gasteiger partial charge in [0.05, 0.1) is 16.6 Å². The van der Waals surface area contributed by atoms with Crippen molar-refractivity contribution in [1.82, 2.24) is 4.57 Å². The Kier molecular flexibility index (Phi) is 4.11. The van der Waals surface area contributed by atoms with Crippen LogP contribution in [0.5, 0.6) is 0 Å². The van der Waals surface area contributed by atoms with Gasteiger partial charge in [0.2, 0.25) is 0 Å². The van der Waals surface area contributed by atoms with Gasteiger partial charge in [-0.3, -0.25) is 0 Å². The molecule has 0 bridgehead atoms. The summed E-state index contributed by atoms with van der Waals surface area (Å²) >= 11 is 1.74. The average Bonchev–Trinajstić information content (AvgIpc) is 2.56. The monoisotopic (exact) mass is 294 g/mol. The van der Waals surface area contributed by atoms with Crippen LogP contribution in [-0.2, 0) is 6.54 Å². The SMILES string of the molecule is CCn1cc(SC)c(=Nc2ccccc2)c2ccccc21. The first kappa shape index (κ1) is 14.0. The molecule has 1 aromatic heterocycles. The minimum absolute atomic E-state index is 0.958. The molecule has 0 atom stereocenters. The number of aryl methyl sites for hydroxylation is 1. The minimum atomic E-state index is 0.958. The summed E-state index contributed by atoms with van der Waals surface area (Å²) in [7, 11) is 0. The molecule has 0 saturated heterocycles. The highest BCUT2D eigenvalue weighted by atomic mass is 32.2. The fraction of sp³-hybridized carbons (Fsp3) is 0.167. The first-order valence-corrected chi connectivity index (χ1v) is 8.32. The molecule has 0 amide bonds. The third-order valence-corrected chi connectivity index (χ3v) is 4.27. The van der Waals surface area contributed by atoms with Crippen molar-refractivity contribution in [3.05, 3.63) is 66.2 Å². The van der Waals surface area contributed by atoms with Crippen molar-refractivity contribution in [1.29, 1.82) is 0 Å². The van der Waals surface area contributed by atoms with Gasteiger partial charge in [-0.25, -0.2) is 4.99 Å². The van der Waals surface area contributed by atoms with Gasteiger partial charge in [0.25, 0.3) is 0 Å². The number of benzene rings is 2. The van der Waals surface area contributed by atoms with Gasteiger partial charge < -0.3 is 4.57 Å². The number of rotatable bonds is 3. The molecule has 106 valence electrons. The number of hydrogen-bond acceptors (Lipinski definition) is 2. The van der Waals surface area contributed by atoms with Gasteiger partial charge in [-0.15, -0.1) is 11.8 Å². The van der Waals surface area contributed by atoms with E-state index in [1.54, 1.807) is 11.8 Å². The van der Waals surface area contributed by atoms with Crippen LogP contribution in [0, 0.1) is 0 Å². The van der Waals surface area contributed by atoms with E-state index in [0.29, 0.717) is 0 Å². The maximum atomic E-state index is 4.88. The Bertz CT molecular complexity index is 819. The van der Waals surface area contributed by atoms with Crippen molar-refractivity contribution >= 4 is 28.4 Å². The number of para-hydroxylation sites is 2. The molecular weight excluding hydrogens is 276 g/mol. The van der Waals surface area contributed by atoms with Crippen LogP contribution in [0.3, 0.4) is 0 Å². The first-order chi connectivity index (χ1) is 10.3. The maximum absolute atomic E-state index is 4.88. The zero-order valence-corrected chi connectivity index (χ0v) is 13.1. The molecule has 0 fully saturated rings. The van der Waals surface area contributed by atoms with Gasteiger partial charge >= 0.3 is 0 Å². The van der Waals surface area contributed by atoms with E-state index in [1.165, 1.54) is 15.8 Å². The highest BCUT2D eigenvalue weighted by molar-refractivity contribution is 7.98. The molecule has 0 saturated carbocycles. The standard InChI is InChI=1S/C18H18N2S/c1-3-20-13-17(21-2)18(15-11-7-8-12-16(15)20)19-14-9-5-4-6-10-14/h4-13H,3H2,1-2H3. The molecule has 3 aromatic rings. The van der Waals surface area contributed by atoms with Crippen LogP contribution < -0.4 is 5.36 Å². The van der Waals surface area contributed by atoms with Crippen LogP contribution in [0.25, 0.3) is 10.9 Å². The Balaban J connectivity index is 2.38. The summed E-state index contributed by atoms with van der Waals surface area (Å²) in [5, 5.41) is 2.27. The van der Waals surface area contributed by atoms with Gasteiger partial charge in [0, 0.05) is 23.0 Å². The summed E-state index contributed by atoms with van der Waals surface area (Å²) in [5.41, 5.74) is 2.22. The molecule has 3 heteroatoms. The number of thioether (sulfide) groups is 1. The summed E-state index contributed by atoms with van der Waals surface area (Å²) in [6.07, 6.45) is 4.31. The molecule has 0 aliphatic carbocycles. The molecule has 0 N–H and O–H groups in total. The molecular formula is C18H18N2S. The fourth-order valence-corrected chi connectivity index (χ4v) is 3.07. The van der Waals surface area contributed by atoms with Crippen molar-refractivity contribution < 1.29 is 0 Å². The third-order valence-electron chi connectivity index (χ3n) is 3.53. The third kappa shape index (κ3) is 2.74. The summed E-state index contributed by atoms with van der Waals surface area (Å²) < 4.78 is 2.28. The lowest BCUT2D eigenvalue weighted by molar-refractivity contribution is 0.773. The van der Waals surface area contributed by atoms with E-state index in [-0.39, 0.29) is 0 Å². The topological polar surface area (TPSA) is 17.3 Å². The predicted molar refractivity (Wildman–Crippen MR) is 91.1 cm³/mol. The summed E-state index contributed by atoms with van der Waals surface area (Å²) in [4.78, 5) is 6.09. The van der Waals surface area contributed by atoms with Crippen LogP contribution in [0.15, 0.2) is 70.7 Å². The number of aromatic nitrogens is 1. The van der Waals surface area contributed by atoms with E-state index in [4.69, 9.17) is 4.99 Å². The predicted octanol–water partition coefficient (Wildman–Crippen LogP) is 4.62. The smallest absolute Gasteiger partial charge is 0.0880 e. The zero-order valence-electron chi connectivity index (χ0n) is 12.3. The highest BCUT2D eigenvalue weighted by Crippen LogP contribution is 2.19. The van der Waals surface area contributed by atoms with E-state index in [1.807, 2.05) is 30.3 Å². The second-order valence-electron chi connectivity index (χ2n) is 4.80. The number of fused-ring (bicyclic) bond motifs is 1. The van der Waals surface area contributed by atoms with Gasteiger partial charge in [0.15, 0.2) is 0 Å². The van der Waals surface area contributed by atoms with Gasteiger partial charge in [-0.1, -0.05) is 36.4 Å². The first-order valence-electron chi connectivity index (χ1n) is 7.09. The van der Waals surface area contributed by atoms with Gasteiger partial charge in [-0.2, -0.15) is 0 Å². The van der Waals surface area contributed by atoms with Gasteiger partial charge in [0.1, 0.15) is 0 Å². The van der Waals surface area contributed by atoms with Crippen molar-refractivity contribution in [3.8, 4) is 0 Å². The molecule has 0 radical (unpaired) electrons. The van der Waals surface area contributed by atoms with Crippen LogP contribution in [0.1, 0.15) is 6.92 Å². The van der Waals surface area contributed by atoms with Crippen molar-refractivity contribution in [2.75, 3.05) is 6.26 Å². The molecule has 0 unspecified atom stereocenters. The molecule has 2 nitrogen and oxygen atoms in total. The molecule has 0 aliphatic heterocycles. The maximum Gasteiger partial charge on any atom is 0.0880 e. The Morgan fingerprint density at radius 3 is 2.43 bits per heavy atom. The lowest BCUT2D eigenvalue weighted by Crippen LogP contribution is -2.12. The zero-order chi connectivity index (χ0) is 14.7. The van der Waals surface area contributed by atoms with Crippen LogP contribution in [0.2, 0.25) is 0 Å². The Labute approximate surface area is 129 Å². The van der Waals surface area contributed by atoms with E-state index in [0.717, 1.165) is 17.6 Å². The normalized spacial score (nSPS) is 12.0. The van der Waals surface area contributed by atoms with E-state index in [2.05, 4.69) is 48.2 Å². The minimum Gasteiger partial charge on any atom is -0.347 e. The summed E-state index contributed by atoms with van der Waals surface area (Å²) in [6.45, 7) is 3.13. The number of pyridine rings is 1. The largest absolute Gasteiger partial charge is 0.347 e. The van der Waals surface area contributed by atoms with Crippen LogP contribution in [-0.4, -0.2) is 10.8 Å². The Hall–Kier alpha value is -2.00. The summed E-state index contributed by atoms with van der Waals surface area (Å²) in [5.74, 6) is 0. The summed E-state index contributed by atoms with van der Waals surface area (Å²) in [6, 6.07) is 18.6. The molecule has 0 aliphatic rings.